The zero-order valence-corrected chi connectivity index (χ0v) is 8.11. The highest BCUT2D eigenvalue weighted by Crippen LogP contribution is 2.17. The molecule has 0 bridgehead atoms. The number of aromatic carboxylic acids is 1. The minimum atomic E-state index is -1.00. The largest absolute Gasteiger partial charge is 0.478 e. The van der Waals surface area contributed by atoms with Crippen LogP contribution in [-0.4, -0.2) is 23.2 Å². The lowest BCUT2D eigenvalue weighted by Gasteiger charge is -2.10. The molecule has 1 aromatic carbocycles. The smallest absolute Gasteiger partial charge is 0.406 e. The van der Waals surface area contributed by atoms with E-state index < -0.39 is 13.0 Å². The molecule has 5 heteroatoms. The third kappa shape index (κ3) is 2.50. The SMILES string of the molecule is CB(O)Nc1ccc(C)cc1C(=O)O. The van der Waals surface area contributed by atoms with Gasteiger partial charge in [-0.3, -0.25) is 0 Å². The van der Waals surface area contributed by atoms with Gasteiger partial charge in [-0.1, -0.05) is 11.6 Å². The maximum absolute atomic E-state index is 10.8. The molecule has 0 spiro atoms. The molecule has 4 nitrogen and oxygen atoms in total. The third-order valence-electron chi connectivity index (χ3n) is 1.77. The van der Waals surface area contributed by atoms with Gasteiger partial charge in [0, 0.05) is 5.69 Å². The second kappa shape index (κ2) is 4.15. The molecule has 0 unspecified atom stereocenters. The van der Waals surface area contributed by atoms with E-state index in [1.807, 2.05) is 6.92 Å². The first-order valence-electron chi connectivity index (χ1n) is 4.29. The van der Waals surface area contributed by atoms with E-state index in [1.54, 1.807) is 18.2 Å². The van der Waals surface area contributed by atoms with Crippen LogP contribution in [0.4, 0.5) is 5.69 Å². The molecule has 1 aromatic rings. The van der Waals surface area contributed by atoms with Gasteiger partial charge in [-0.15, -0.1) is 0 Å². The van der Waals surface area contributed by atoms with E-state index in [4.69, 9.17) is 10.1 Å². The molecule has 0 atom stereocenters. The summed E-state index contributed by atoms with van der Waals surface area (Å²) in [4.78, 5) is 10.8. The second-order valence-electron chi connectivity index (χ2n) is 3.17. The Bertz CT molecular complexity index is 352. The average molecular weight is 193 g/mol. The van der Waals surface area contributed by atoms with Crippen molar-refractivity contribution in [2.75, 3.05) is 5.23 Å². The molecular formula is C9H12BNO3. The van der Waals surface area contributed by atoms with Crippen molar-refractivity contribution in [1.29, 1.82) is 0 Å². The van der Waals surface area contributed by atoms with Gasteiger partial charge in [0.05, 0.1) is 5.56 Å². The Morgan fingerprint density at radius 1 is 1.50 bits per heavy atom. The van der Waals surface area contributed by atoms with Crippen molar-refractivity contribution in [2.45, 2.75) is 13.7 Å². The van der Waals surface area contributed by atoms with E-state index in [1.165, 1.54) is 6.82 Å². The van der Waals surface area contributed by atoms with Crippen molar-refractivity contribution in [1.82, 2.24) is 0 Å². The molecule has 0 radical (unpaired) electrons. The number of aryl methyl sites for hydroxylation is 1. The first kappa shape index (κ1) is 10.6. The summed E-state index contributed by atoms with van der Waals surface area (Å²) in [6, 6.07) is 5.00. The van der Waals surface area contributed by atoms with Crippen LogP contribution < -0.4 is 5.23 Å². The van der Waals surface area contributed by atoms with Crippen molar-refractivity contribution in [3.63, 3.8) is 0 Å². The average Bonchev–Trinajstić information content (AvgIpc) is 2.07. The molecule has 74 valence electrons. The van der Waals surface area contributed by atoms with Crippen LogP contribution in [0.2, 0.25) is 6.82 Å². The molecule has 0 aliphatic heterocycles. The standard InChI is InChI=1S/C9H12BNO3/c1-6-3-4-8(11-10(2)14)7(5-6)9(12)13/h3-5,11,14H,1-2H3,(H,12,13). The molecule has 1 rings (SSSR count). The molecule has 0 saturated heterocycles. The van der Waals surface area contributed by atoms with E-state index in [-0.39, 0.29) is 5.56 Å². The van der Waals surface area contributed by atoms with Crippen LogP contribution in [0.5, 0.6) is 0 Å². The molecule has 0 amide bonds. The van der Waals surface area contributed by atoms with Gasteiger partial charge in [-0.05, 0) is 25.9 Å². The van der Waals surface area contributed by atoms with Crippen LogP contribution >= 0.6 is 0 Å². The molecule has 0 saturated carbocycles. The Kier molecular flexibility index (Phi) is 3.14. The number of nitrogens with one attached hydrogen (secondary N) is 1. The summed E-state index contributed by atoms with van der Waals surface area (Å²) in [5, 5.41) is 20.6. The Morgan fingerprint density at radius 2 is 2.14 bits per heavy atom. The van der Waals surface area contributed by atoms with E-state index in [9.17, 15) is 4.79 Å². The minimum absolute atomic E-state index is 0.172. The van der Waals surface area contributed by atoms with E-state index in [0.29, 0.717) is 5.69 Å². The van der Waals surface area contributed by atoms with Crippen molar-refractivity contribution < 1.29 is 14.9 Å². The highest BCUT2D eigenvalue weighted by Gasteiger charge is 2.12. The second-order valence-corrected chi connectivity index (χ2v) is 3.17. The summed E-state index contributed by atoms with van der Waals surface area (Å²) in [5.41, 5.74) is 1.47. The fourth-order valence-corrected chi connectivity index (χ4v) is 1.19. The zero-order valence-electron chi connectivity index (χ0n) is 8.11. The summed E-state index contributed by atoms with van der Waals surface area (Å²) in [6.07, 6.45) is 0. The summed E-state index contributed by atoms with van der Waals surface area (Å²) < 4.78 is 0. The number of carbonyl (C=O) groups is 1. The Balaban J connectivity index is 3.08. The first-order valence-corrected chi connectivity index (χ1v) is 4.29. The van der Waals surface area contributed by atoms with E-state index in [2.05, 4.69) is 5.23 Å². The van der Waals surface area contributed by atoms with Crippen molar-refractivity contribution in [3.8, 4) is 0 Å². The lowest BCUT2D eigenvalue weighted by molar-refractivity contribution is 0.0698. The maximum Gasteiger partial charge on any atom is 0.406 e. The van der Waals surface area contributed by atoms with Crippen LogP contribution in [-0.2, 0) is 0 Å². The predicted molar refractivity (Wildman–Crippen MR) is 55.6 cm³/mol. The van der Waals surface area contributed by atoms with Gasteiger partial charge in [-0.25, -0.2) is 4.79 Å². The van der Waals surface area contributed by atoms with Crippen molar-refractivity contribution >= 4 is 18.7 Å². The maximum atomic E-state index is 10.8. The lowest BCUT2D eigenvalue weighted by Crippen LogP contribution is -2.21. The summed E-state index contributed by atoms with van der Waals surface area (Å²) in [7, 11) is -0.768. The predicted octanol–water partition coefficient (Wildman–Crippen LogP) is 1.22. The molecule has 0 aromatic heterocycles. The normalized spacial score (nSPS) is 9.64. The molecule has 0 aliphatic rings. The highest BCUT2D eigenvalue weighted by molar-refractivity contribution is 6.53. The first-order chi connectivity index (χ1) is 6.50. The summed E-state index contributed by atoms with van der Waals surface area (Å²) in [6.45, 7) is 3.35. The number of carboxylic acids is 1. The Morgan fingerprint density at radius 3 is 2.64 bits per heavy atom. The van der Waals surface area contributed by atoms with Crippen LogP contribution in [0, 0.1) is 6.92 Å². The fourth-order valence-electron chi connectivity index (χ4n) is 1.19. The minimum Gasteiger partial charge on any atom is -0.478 e. The topological polar surface area (TPSA) is 69.6 Å². The van der Waals surface area contributed by atoms with Crippen LogP contribution in [0.25, 0.3) is 0 Å². The Labute approximate surface area is 82.7 Å². The van der Waals surface area contributed by atoms with Gasteiger partial charge in [0.15, 0.2) is 0 Å². The highest BCUT2D eigenvalue weighted by atomic mass is 16.4. The summed E-state index contributed by atoms with van der Waals surface area (Å²) in [5.74, 6) is -1.00. The van der Waals surface area contributed by atoms with E-state index in [0.717, 1.165) is 5.56 Å². The van der Waals surface area contributed by atoms with Crippen LogP contribution in [0.1, 0.15) is 15.9 Å². The monoisotopic (exact) mass is 193 g/mol. The quantitative estimate of drug-likeness (QED) is 0.631. The zero-order chi connectivity index (χ0) is 10.7. The van der Waals surface area contributed by atoms with E-state index >= 15 is 0 Å². The number of carboxylic acid groups (broad SMARTS) is 1. The van der Waals surface area contributed by atoms with Crippen molar-refractivity contribution in [3.05, 3.63) is 29.3 Å². The molecule has 0 heterocycles. The van der Waals surface area contributed by atoms with Gasteiger partial charge in [0.2, 0.25) is 0 Å². The molecular weight excluding hydrogens is 181 g/mol. The van der Waals surface area contributed by atoms with Gasteiger partial charge in [0.25, 0.3) is 0 Å². The van der Waals surface area contributed by atoms with Gasteiger partial charge in [-0.2, -0.15) is 0 Å². The number of hydrogen-bond acceptors (Lipinski definition) is 3. The number of hydrogen-bond donors (Lipinski definition) is 3. The van der Waals surface area contributed by atoms with Gasteiger partial charge >= 0.3 is 13.0 Å². The number of rotatable bonds is 3. The Hall–Kier alpha value is -1.49. The van der Waals surface area contributed by atoms with Gasteiger partial charge < -0.3 is 15.4 Å². The molecule has 0 aliphatic carbocycles. The molecule has 0 fully saturated rings. The fraction of sp³-hybridized carbons (Fsp3) is 0.222. The van der Waals surface area contributed by atoms with Crippen LogP contribution in [0.15, 0.2) is 18.2 Å². The van der Waals surface area contributed by atoms with Crippen LogP contribution in [0.3, 0.4) is 0 Å². The number of anilines is 1. The lowest BCUT2D eigenvalue weighted by atomic mass is 9.87. The van der Waals surface area contributed by atoms with Gasteiger partial charge in [0.1, 0.15) is 0 Å². The number of benzene rings is 1. The molecule has 14 heavy (non-hydrogen) atoms. The molecule has 3 N–H and O–H groups in total. The summed E-state index contributed by atoms with van der Waals surface area (Å²) >= 11 is 0. The third-order valence-corrected chi connectivity index (χ3v) is 1.77. The van der Waals surface area contributed by atoms with Crippen molar-refractivity contribution in [2.24, 2.45) is 0 Å².